The van der Waals surface area contributed by atoms with Gasteiger partial charge in [-0.15, -0.1) is 0 Å². The summed E-state index contributed by atoms with van der Waals surface area (Å²) in [5.74, 6) is 0.298. The number of carbonyl (C=O) groups excluding carboxylic acids is 2. The maximum absolute atomic E-state index is 12.4. The number of hydrogen-bond donors (Lipinski definition) is 0. The first-order valence-electron chi connectivity index (χ1n) is 9.20. The van der Waals surface area contributed by atoms with Gasteiger partial charge in [0.1, 0.15) is 0 Å². The van der Waals surface area contributed by atoms with Gasteiger partial charge in [0.05, 0.1) is 25.6 Å². The molecule has 0 aliphatic heterocycles. The average molecular weight is 326 g/mol. The zero-order chi connectivity index (χ0) is 17.2. The van der Waals surface area contributed by atoms with Crippen LogP contribution in [0.1, 0.15) is 72.6 Å². The summed E-state index contributed by atoms with van der Waals surface area (Å²) in [4.78, 5) is 24.4. The summed E-state index contributed by atoms with van der Waals surface area (Å²) in [6, 6.07) is 0. The first kappa shape index (κ1) is 20.0. The van der Waals surface area contributed by atoms with Gasteiger partial charge in [-0.05, 0) is 24.2 Å². The molecule has 0 aromatic carbocycles. The predicted octanol–water partition coefficient (Wildman–Crippen LogP) is 4.36. The molecular formula is C19H34O4. The maximum atomic E-state index is 12.4. The normalized spacial score (nSPS) is 17.3. The Morgan fingerprint density at radius 2 is 1.48 bits per heavy atom. The molecule has 1 unspecified atom stereocenters. The SMILES string of the molecule is CC(C)COC(=O)CC(CC1CCCCC1)C(=O)OCC(C)C. The second-order valence-corrected chi connectivity index (χ2v) is 7.74. The van der Waals surface area contributed by atoms with Crippen molar-refractivity contribution >= 4 is 11.9 Å². The summed E-state index contributed by atoms with van der Waals surface area (Å²) in [6.45, 7) is 8.87. The number of ether oxygens (including phenoxy) is 2. The number of hydrogen-bond acceptors (Lipinski definition) is 4. The Labute approximate surface area is 141 Å². The summed E-state index contributed by atoms with van der Waals surface area (Å²) >= 11 is 0. The Balaban J connectivity index is 2.55. The van der Waals surface area contributed by atoms with Crippen LogP contribution in [0.5, 0.6) is 0 Å². The van der Waals surface area contributed by atoms with Crippen LogP contribution in [0.25, 0.3) is 0 Å². The second kappa shape index (κ2) is 10.7. The van der Waals surface area contributed by atoms with E-state index >= 15 is 0 Å². The van der Waals surface area contributed by atoms with E-state index in [1.165, 1.54) is 19.3 Å². The van der Waals surface area contributed by atoms with Gasteiger partial charge in [0.25, 0.3) is 0 Å². The average Bonchev–Trinajstić information content (AvgIpc) is 2.51. The van der Waals surface area contributed by atoms with Crippen molar-refractivity contribution in [2.45, 2.75) is 72.6 Å². The van der Waals surface area contributed by atoms with E-state index in [0.717, 1.165) is 19.3 Å². The Morgan fingerprint density at radius 3 is 2.04 bits per heavy atom. The number of esters is 2. The highest BCUT2D eigenvalue weighted by Gasteiger charge is 2.28. The molecule has 0 bridgehead atoms. The highest BCUT2D eigenvalue weighted by molar-refractivity contribution is 5.80. The lowest BCUT2D eigenvalue weighted by atomic mass is 9.82. The molecule has 0 N–H and O–H groups in total. The zero-order valence-electron chi connectivity index (χ0n) is 15.3. The van der Waals surface area contributed by atoms with Crippen molar-refractivity contribution in [1.82, 2.24) is 0 Å². The van der Waals surface area contributed by atoms with E-state index in [2.05, 4.69) is 0 Å². The fourth-order valence-corrected chi connectivity index (χ4v) is 2.97. The number of rotatable bonds is 9. The molecule has 0 aromatic heterocycles. The minimum absolute atomic E-state index is 0.153. The van der Waals surface area contributed by atoms with E-state index in [1.807, 2.05) is 27.7 Å². The van der Waals surface area contributed by atoms with Gasteiger partial charge in [0.2, 0.25) is 0 Å². The summed E-state index contributed by atoms with van der Waals surface area (Å²) < 4.78 is 10.6. The zero-order valence-corrected chi connectivity index (χ0v) is 15.3. The third-order valence-electron chi connectivity index (χ3n) is 4.23. The Morgan fingerprint density at radius 1 is 0.913 bits per heavy atom. The molecule has 1 atom stereocenters. The summed E-state index contributed by atoms with van der Waals surface area (Å²) in [6.07, 6.45) is 6.99. The van der Waals surface area contributed by atoms with E-state index in [-0.39, 0.29) is 24.3 Å². The molecule has 0 spiro atoms. The maximum Gasteiger partial charge on any atom is 0.309 e. The molecule has 23 heavy (non-hydrogen) atoms. The van der Waals surface area contributed by atoms with E-state index in [0.29, 0.717) is 31.0 Å². The summed E-state index contributed by atoms with van der Waals surface area (Å²) in [7, 11) is 0. The molecule has 0 aromatic rings. The van der Waals surface area contributed by atoms with Crippen LogP contribution < -0.4 is 0 Å². The van der Waals surface area contributed by atoms with Crippen LogP contribution in [0.2, 0.25) is 0 Å². The Hall–Kier alpha value is -1.06. The van der Waals surface area contributed by atoms with Crippen molar-refractivity contribution in [3.05, 3.63) is 0 Å². The highest BCUT2D eigenvalue weighted by atomic mass is 16.5. The smallest absolute Gasteiger partial charge is 0.309 e. The Bertz CT molecular complexity index is 356. The van der Waals surface area contributed by atoms with Crippen LogP contribution in [0, 0.1) is 23.7 Å². The van der Waals surface area contributed by atoms with Crippen molar-refractivity contribution in [3.63, 3.8) is 0 Å². The lowest BCUT2D eigenvalue weighted by Gasteiger charge is -2.25. The monoisotopic (exact) mass is 326 g/mol. The van der Waals surface area contributed by atoms with Crippen molar-refractivity contribution in [2.24, 2.45) is 23.7 Å². The van der Waals surface area contributed by atoms with Gasteiger partial charge in [-0.3, -0.25) is 9.59 Å². The summed E-state index contributed by atoms with van der Waals surface area (Å²) in [5.41, 5.74) is 0. The lowest BCUT2D eigenvalue weighted by molar-refractivity contribution is -0.157. The fourth-order valence-electron chi connectivity index (χ4n) is 2.97. The van der Waals surface area contributed by atoms with Gasteiger partial charge in [0.15, 0.2) is 0 Å². The Kier molecular flexibility index (Phi) is 9.27. The van der Waals surface area contributed by atoms with Gasteiger partial charge in [-0.25, -0.2) is 0 Å². The van der Waals surface area contributed by atoms with Crippen LogP contribution in [0.3, 0.4) is 0 Å². The molecule has 1 saturated carbocycles. The second-order valence-electron chi connectivity index (χ2n) is 7.74. The van der Waals surface area contributed by atoms with Crippen molar-refractivity contribution < 1.29 is 19.1 Å². The van der Waals surface area contributed by atoms with E-state index in [1.54, 1.807) is 0 Å². The predicted molar refractivity (Wildman–Crippen MR) is 90.9 cm³/mol. The first-order chi connectivity index (χ1) is 10.9. The standard InChI is InChI=1S/C19H34O4/c1-14(2)12-22-18(20)11-17(19(21)23-13-15(3)4)10-16-8-6-5-7-9-16/h14-17H,5-13H2,1-4H3. The van der Waals surface area contributed by atoms with Gasteiger partial charge < -0.3 is 9.47 Å². The molecule has 4 nitrogen and oxygen atoms in total. The van der Waals surface area contributed by atoms with Crippen molar-refractivity contribution in [2.75, 3.05) is 13.2 Å². The molecule has 0 saturated heterocycles. The molecule has 134 valence electrons. The van der Waals surface area contributed by atoms with Crippen LogP contribution in [-0.2, 0) is 19.1 Å². The van der Waals surface area contributed by atoms with Crippen molar-refractivity contribution in [1.29, 1.82) is 0 Å². The molecule has 1 aliphatic rings. The molecule has 0 radical (unpaired) electrons. The third kappa shape index (κ3) is 8.97. The first-order valence-corrected chi connectivity index (χ1v) is 9.20. The van der Waals surface area contributed by atoms with Crippen LogP contribution >= 0.6 is 0 Å². The quantitative estimate of drug-likeness (QED) is 0.591. The molecular weight excluding hydrogens is 292 g/mol. The molecule has 1 aliphatic carbocycles. The number of carbonyl (C=O) groups is 2. The van der Waals surface area contributed by atoms with Gasteiger partial charge in [-0.2, -0.15) is 0 Å². The molecule has 1 rings (SSSR count). The van der Waals surface area contributed by atoms with Gasteiger partial charge in [0, 0.05) is 0 Å². The van der Waals surface area contributed by atoms with Gasteiger partial charge in [-0.1, -0.05) is 59.8 Å². The molecule has 0 heterocycles. The third-order valence-corrected chi connectivity index (χ3v) is 4.23. The molecule has 4 heteroatoms. The van der Waals surface area contributed by atoms with Crippen LogP contribution in [0.15, 0.2) is 0 Å². The highest BCUT2D eigenvalue weighted by Crippen LogP contribution is 2.31. The van der Waals surface area contributed by atoms with Gasteiger partial charge >= 0.3 is 11.9 Å². The topological polar surface area (TPSA) is 52.6 Å². The van der Waals surface area contributed by atoms with E-state index in [4.69, 9.17) is 9.47 Å². The minimum atomic E-state index is -0.350. The fraction of sp³-hybridized carbons (Fsp3) is 0.895. The molecule has 0 amide bonds. The van der Waals surface area contributed by atoms with E-state index < -0.39 is 0 Å². The van der Waals surface area contributed by atoms with Crippen molar-refractivity contribution in [3.8, 4) is 0 Å². The molecule has 1 fully saturated rings. The minimum Gasteiger partial charge on any atom is -0.465 e. The lowest BCUT2D eigenvalue weighted by Crippen LogP contribution is -2.26. The van der Waals surface area contributed by atoms with Crippen LogP contribution in [0.4, 0.5) is 0 Å². The largest absolute Gasteiger partial charge is 0.465 e. The van der Waals surface area contributed by atoms with Crippen LogP contribution in [-0.4, -0.2) is 25.2 Å². The van der Waals surface area contributed by atoms with E-state index in [9.17, 15) is 9.59 Å². The summed E-state index contributed by atoms with van der Waals surface area (Å²) in [5, 5.41) is 0.